The third kappa shape index (κ3) is 12.1. The summed E-state index contributed by atoms with van der Waals surface area (Å²) in [5.41, 5.74) is -0.538. The Balaban J connectivity index is 0.911. The fraction of sp³-hybridized carbons (Fsp3) is 0.838. The first kappa shape index (κ1) is 40.8. The number of ether oxygens (including phenoxy) is 4. The molecule has 5 N–H and O–H groups in total. The van der Waals surface area contributed by atoms with Gasteiger partial charge in [0.2, 0.25) is 29.5 Å². The number of nitrogens with one attached hydrogen (secondary N) is 5. The average molecular weight is 749 g/mol. The normalized spacial score (nSPS) is 30.2. The van der Waals surface area contributed by atoms with Crippen molar-refractivity contribution in [2.24, 2.45) is 23.7 Å². The molecule has 0 bridgehead atoms. The van der Waals surface area contributed by atoms with Crippen LogP contribution in [0.15, 0.2) is 0 Å². The van der Waals surface area contributed by atoms with Crippen molar-refractivity contribution >= 4 is 35.6 Å². The molecule has 2 aliphatic carbocycles. The first-order valence-corrected chi connectivity index (χ1v) is 19.6. The molecule has 16 nitrogen and oxygen atoms in total. The van der Waals surface area contributed by atoms with Gasteiger partial charge in [0.15, 0.2) is 0 Å². The smallest absolute Gasteiger partial charge is 0.407 e. The summed E-state index contributed by atoms with van der Waals surface area (Å²) in [7, 11) is 0. The quantitative estimate of drug-likeness (QED) is 0.110. The van der Waals surface area contributed by atoms with Gasteiger partial charge in [-0.2, -0.15) is 0 Å². The number of imide groups is 1. The van der Waals surface area contributed by atoms with E-state index in [0.717, 1.165) is 38.5 Å². The molecule has 8 atom stereocenters. The van der Waals surface area contributed by atoms with Gasteiger partial charge in [-0.15, -0.1) is 0 Å². The van der Waals surface area contributed by atoms with E-state index in [1.54, 1.807) is 25.7 Å². The lowest BCUT2D eigenvalue weighted by Gasteiger charge is -2.42. The van der Waals surface area contributed by atoms with Crippen molar-refractivity contribution < 1.29 is 47.7 Å². The minimum Gasteiger partial charge on any atom is -0.444 e. The van der Waals surface area contributed by atoms with Gasteiger partial charge in [-0.3, -0.25) is 29.3 Å². The Bertz CT molecular complexity index is 1310. The fourth-order valence-corrected chi connectivity index (χ4v) is 8.43. The topological polar surface area (TPSA) is 203 Å². The van der Waals surface area contributed by atoms with Gasteiger partial charge in [-0.05, 0) is 90.4 Å². The van der Waals surface area contributed by atoms with E-state index in [1.165, 1.54) is 0 Å². The Morgan fingerprint density at radius 2 is 1.43 bits per heavy atom. The van der Waals surface area contributed by atoms with E-state index < -0.39 is 23.6 Å². The summed E-state index contributed by atoms with van der Waals surface area (Å²) in [4.78, 5) is 77.0. The predicted molar refractivity (Wildman–Crippen MR) is 191 cm³/mol. The van der Waals surface area contributed by atoms with Gasteiger partial charge in [0.05, 0.1) is 45.7 Å². The van der Waals surface area contributed by atoms with Gasteiger partial charge in [0, 0.05) is 50.0 Å². The van der Waals surface area contributed by atoms with Crippen LogP contribution in [0.1, 0.15) is 85.0 Å². The monoisotopic (exact) mass is 748 g/mol. The van der Waals surface area contributed by atoms with E-state index in [9.17, 15) is 28.8 Å². The molecular formula is C37H60N6O10. The van der Waals surface area contributed by atoms with Crippen LogP contribution in [0, 0.1) is 23.7 Å². The lowest BCUT2D eigenvalue weighted by molar-refractivity contribution is -0.144. The van der Waals surface area contributed by atoms with Crippen LogP contribution in [0.25, 0.3) is 0 Å². The Morgan fingerprint density at radius 3 is 2.13 bits per heavy atom. The van der Waals surface area contributed by atoms with Crippen LogP contribution in [0.3, 0.4) is 0 Å². The Kier molecular flexibility index (Phi) is 14.9. The number of rotatable bonds is 16. The largest absolute Gasteiger partial charge is 0.444 e. The molecule has 3 saturated heterocycles. The maximum atomic E-state index is 13.4. The highest BCUT2D eigenvalue weighted by Crippen LogP contribution is 2.39. The van der Waals surface area contributed by atoms with Gasteiger partial charge < -0.3 is 45.1 Å². The fourth-order valence-electron chi connectivity index (χ4n) is 8.43. The third-order valence-corrected chi connectivity index (χ3v) is 11.1. The highest BCUT2D eigenvalue weighted by atomic mass is 16.6. The molecule has 16 heteroatoms. The van der Waals surface area contributed by atoms with Crippen LogP contribution in [-0.2, 0) is 42.9 Å². The molecule has 5 fully saturated rings. The number of carbonyl (C=O) groups excluding carboxylic acids is 6. The Labute approximate surface area is 312 Å². The van der Waals surface area contributed by atoms with Crippen LogP contribution in [-0.4, -0.2) is 130 Å². The molecule has 2 saturated carbocycles. The number of likely N-dealkylation sites (tertiary alicyclic amines) is 1. The van der Waals surface area contributed by atoms with Crippen LogP contribution < -0.4 is 26.6 Å². The summed E-state index contributed by atoms with van der Waals surface area (Å²) in [6, 6.07) is -0.936. The highest BCUT2D eigenvalue weighted by molar-refractivity contribution is 6.02. The van der Waals surface area contributed by atoms with Crippen molar-refractivity contribution in [3.05, 3.63) is 0 Å². The molecule has 3 aliphatic heterocycles. The SMILES string of the molecule is CC(C)(C)OC(=O)NCCOCCOCCOCCNC(=O)C1CCC2CCC(C(=O)NC3CCC4CN(C5CCC(=O)NC5=O)C(=O)C4C3)NC2C1. The molecule has 5 aliphatic rings. The molecule has 298 valence electrons. The van der Waals surface area contributed by atoms with Gasteiger partial charge in [-0.1, -0.05) is 0 Å². The molecule has 6 amide bonds. The highest BCUT2D eigenvalue weighted by Gasteiger charge is 2.49. The first-order chi connectivity index (χ1) is 25.4. The standard InChI is InChI=1S/C37H60N6O10/c1-37(2,3)53-36(49)39-13-15-51-17-19-52-18-16-50-14-12-38-32(45)24-5-4-23-7-9-28(41-29(23)20-24)33(46)40-26-8-6-25-22-43(35(48)27(25)21-26)30-10-11-31(44)42-34(30)47/h23-30,41H,4-22H2,1-3H3,(H,38,45)(H,39,49)(H,40,46)(H,42,44,47). The molecule has 53 heavy (non-hydrogen) atoms. The summed E-state index contributed by atoms with van der Waals surface area (Å²) < 4.78 is 21.7. The minimum atomic E-state index is -0.592. The zero-order chi connectivity index (χ0) is 38.0. The van der Waals surface area contributed by atoms with Crippen LogP contribution in [0.2, 0.25) is 0 Å². The number of hydrogen-bond acceptors (Lipinski definition) is 11. The Morgan fingerprint density at radius 1 is 0.774 bits per heavy atom. The summed E-state index contributed by atoms with van der Waals surface area (Å²) >= 11 is 0. The van der Waals surface area contributed by atoms with Crippen molar-refractivity contribution in [1.82, 2.24) is 31.5 Å². The van der Waals surface area contributed by atoms with Gasteiger partial charge >= 0.3 is 6.09 Å². The van der Waals surface area contributed by atoms with Crippen molar-refractivity contribution in [2.45, 2.75) is 115 Å². The number of nitrogens with zero attached hydrogens (tertiary/aromatic N) is 1. The third-order valence-electron chi connectivity index (χ3n) is 11.1. The molecule has 3 heterocycles. The van der Waals surface area contributed by atoms with Crippen LogP contribution in [0.4, 0.5) is 4.79 Å². The maximum absolute atomic E-state index is 13.4. The van der Waals surface area contributed by atoms with Crippen molar-refractivity contribution in [1.29, 1.82) is 0 Å². The summed E-state index contributed by atoms with van der Waals surface area (Å²) in [6.45, 7) is 9.04. The zero-order valence-electron chi connectivity index (χ0n) is 31.6. The summed E-state index contributed by atoms with van der Waals surface area (Å²) in [5, 5.41) is 14.8. The molecule has 0 aromatic rings. The Hall–Kier alpha value is -3.34. The van der Waals surface area contributed by atoms with Crippen molar-refractivity contribution in [3.63, 3.8) is 0 Å². The van der Waals surface area contributed by atoms with Crippen LogP contribution in [0.5, 0.6) is 0 Å². The number of piperidine rings is 2. The molecule has 8 unspecified atom stereocenters. The lowest BCUT2D eigenvalue weighted by Crippen LogP contribution is -2.58. The van der Waals surface area contributed by atoms with Crippen LogP contribution >= 0.6 is 0 Å². The number of carbonyl (C=O) groups is 6. The van der Waals surface area contributed by atoms with E-state index >= 15 is 0 Å². The lowest BCUT2D eigenvalue weighted by atomic mass is 9.73. The second kappa shape index (κ2) is 19.3. The number of fused-ring (bicyclic) bond motifs is 2. The van der Waals surface area contributed by atoms with E-state index in [2.05, 4.69) is 26.6 Å². The molecular weight excluding hydrogens is 688 g/mol. The summed E-state index contributed by atoms with van der Waals surface area (Å²) in [6.07, 6.45) is 6.41. The maximum Gasteiger partial charge on any atom is 0.407 e. The number of hydrogen-bond donors (Lipinski definition) is 5. The second-order valence-electron chi connectivity index (χ2n) is 16.1. The van der Waals surface area contributed by atoms with Gasteiger partial charge in [0.25, 0.3) is 0 Å². The van der Waals surface area contributed by atoms with Gasteiger partial charge in [-0.25, -0.2) is 4.79 Å². The molecule has 0 aromatic heterocycles. The van der Waals surface area contributed by atoms with Crippen molar-refractivity contribution in [2.75, 3.05) is 59.3 Å². The predicted octanol–water partition coefficient (Wildman–Crippen LogP) is 0.763. The van der Waals surface area contributed by atoms with Crippen molar-refractivity contribution in [3.8, 4) is 0 Å². The van der Waals surface area contributed by atoms with E-state index in [-0.39, 0.29) is 65.9 Å². The molecule has 5 rings (SSSR count). The van der Waals surface area contributed by atoms with E-state index in [1.807, 2.05) is 0 Å². The molecule has 0 spiro atoms. The first-order valence-electron chi connectivity index (χ1n) is 19.6. The average Bonchev–Trinajstić information content (AvgIpc) is 3.43. The number of amides is 6. The minimum absolute atomic E-state index is 0.0133. The second-order valence-corrected chi connectivity index (χ2v) is 16.1. The van der Waals surface area contributed by atoms with E-state index in [0.29, 0.717) is 84.5 Å². The molecule has 0 aromatic carbocycles. The van der Waals surface area contributed by atoms with E-state index in [4.69, 9.17) is 18.9 Å². The summed E-state index contributed by atoms with van der Waals surface area (Å²) in [5.74, 6) is -0.513. The zero-order valence-corrected chi connectivity index (χ0v) is 31.6. The number of alkyl carbamates (subject to hydrolysis) is 1. The van der Waals surface area contributed by atoms with Gasteiger partial charge in [0.1, 0.15) is 11.6 Å². The molecule has 0 radical (unpaired) electrons.